The molecule has 1 heterocycles. The topological polar surface area (TPSA) is 90.1 Å². The Labute approximate surface area is 148 Å². The number of hydrogen-bond acceptors (Lipinski definition) is 5. The Morgan fingerprint density at radius 1 is 1.16 bits per heavy atom. The van der Waals surface area contributed by atoms with E-state index in [0.29, 0.717) is 35.3 Å². The number of aromatic nitrogens is 4. The lowest BCUT2D eigenvalue weighted by Gasteiger charge is -2.06. The van der Waals surface area contributed by atoms with Crippen LogP contribution in [0.1, 0.15) is 12.8 Å². The number of ether oxygens (including phenoxy) is 1. The third kappa shape index (κ3) is 4.77. The van der Waals surface area contributed by atoms with Crippen LogP contribution in [0.4, 0.5) is 0 Å². The Hall–Kier alpha value is -2.93. The quantitative estimate of drug-likeness (QED) is 0.693. The van der Waals surface area contributed by atoms with Gasteiger partial charge in [0.15, 0.2) is 0 Å². The highest BCUT2D eigenvalue weighted by molar-refractivity contribution is 6.30. The van der Waals surface area contributed by atoms with Gasteiger partial charge in [-0.1, -0.05) is 23.7 Å². The minimum atomic E-state index is -0.840. The summed E-state index contributed by atoms with van der Waals surface area (Å²) >= 11 is 5.86. The van der Waals surface area contributed by atoms with E-state index in [1.807, 2.05) is 24.3 Å². The smallest absolute Gasteiger partial charge is 0.303 e. The van der Waals surface area contributed by atoms with Crippen molar-refractivity contribution in [2.45, 2.75) is 19.4 Å². The van der Waals surface area contributed by atoms with Crippen molar-refractivity contribution in [2.24, 2.45) is 0 Å². The first-order valence-corrected chi connectivity index (χ1v) is 8.01. The second-order valence-electron chi connectivity index (χ2n) is 5.29. The molecule has 0 fully saturated rings. The molecule has 7 nitrogen and oxygen atoms in total. The van der Waals surface area contributed by atoms with Gasteiger partial charge >= 0.3 is 5.97 Å². The van der Waals surface area contributed by atoms with Gasteiger partial charge in [0, 0.05) is 17.0 Å². The molecular weight excluding hydrogens is 344 g/mol. The van der Waals surface area contributed by atoms with E-state index in [1.165, 1.54) is 4.80 Å². The van der Waals surface area contributed by atoms with Crippen LogP contribution in [0, 0.1) is 0 Å². The van der Waals surface area contributed by atoms with Crippen molar-refractivity contribution in [1.29, 1.82) is 0 Å². The van der Waals surface area contributed by atoms with Gasteiger partial charge in [-0.2, -0.15) is 4.80 Å². The number of nitrogens with zero attached hydrogens (tertiary/aromatic N) is 4. The summed E-state index contributed by atoms with van der Waals surface area (Å²) < 4.78 is 5.79. The van der Waals surface area contributed by atoms with E-state index < -0.39 is 5.97 Å². The van der Waals surface area contributed by atoms with Crippen LogP contribution in [0.5, 0.6) is 11.5 Å². The largest absolute Gasteiger partial charge is 0.481 e. The van der Waals surface area contributed by atoms with Crippen LogP contribution in [0.25, 0.3) is 11.4 Å². The first-order valence-electron chi connectivity index (χ1n) is 7.63. The normalized spacial score (nSPS) is 10.6. The van der Waals surface area contributed by atoms with Gasteiger partial charge in [-0.05, 0) is 48.0 Å². The zero-order valence-corrected chi connectivity index (χ0v) is 13.9. The molecule has 0 aliphatic heterocycles. The van der Waals surface area contributed by atoms with Gasteiger partial charge < -0.3 is 9.84 Å². The van der Waals surface area contributed by atoms with Crippen molar-refractivity contribution in [3.05, 3.63) is 53.6 Å². The van der Waals surface area contributed by atoms with Gasteiger partial charge in [-0.15, -0.1) is 10.2 Å². The SMILES string of the molecule is O=C(O)CCCn1nnc(-c2cccc(Oc3ccc(Cl)cc3)c2)n1. The molecule has 0 amide bonds. The molecule has 8 heteroatoms. The lowest BCUT2D eigenvalue weighted by molar-refractivity contribution is -0.137. The second kappa shape index (κ2) is 7.76. The van der Waals surface area contributed by atoms with Crippen LogP contribution in [-0.2, 0) is 11.3 Å². The molecule has 1 N–H and O–H groups in total. The molecule has 0 radical (unpaired) electrons. The van der Waals surface area contributed by atoms with E-state index in [-0.39, 0.29) is 6.42 Å². The predicted octanol–water partition coefficient (Wildman–Crippen LogP) is 3.65. The van der Waals surface area contributed by atoms with Crippen LogP contribution in [0.3, 0.4) is 0 Å². The maximum atomic E-state index is 10.5. The number of carboxylic acid groups (broad SMARTS) is 1. The summed E-state index contributed by atoms with van der Waals surface area (Å²) in [5.41, 5.74) is 0.760. The van der Waals surface area contributed by atoms with E-state index in [4.69, 9.17) is 21.4 Å². The fourth-order valence-corrected chi connectivity index (χ4v) is 2.29. The van der Waals surface area contributed by atoms with E-state index in [1.54, 1.807) is 24.3 Å². The molecule has 0 aliphatic rings. The average molecular weight is 359 g/mol. The summed E-state index contributed by atoms with van der Waals surface area (Å²) in [6.45, 7) is 0.403. The average Bonchev–Trinajstić information content (AvgIpc) is 3.06. The Morgan fingerprint density at radius 2 is 1.96 bits per heavy atom. The number of benzene rings is 2. The van der Waals surface area contributed by atoms with Crippen molar-refractivity contribution in [2.75, 3.05) is 0 Å². The Morgan fingerprint density at radius 3 is 2.72 bits per heavy atom. The molecular formula is C17H15ClN4O3. The predicted molar refractivity (Wildman–Crippen MR) is 91.6 cm³/mol. The maximum absolute atomic E-state index is 10.5. The minimum absolute atomic E-state index is 0.0707. The maximum Gasteiger partial charge on any atom is 0.303 e. The number of carboxylic acids is 1. The summed E-state index contributed by atoms with van der Waals surface area (Å²) in [7, 11) is 0. The highest BCUT2D eigenvalue weighted by atomic mass is 35.5. The highest BCUT2D eigenvalue weighted by Crippen LogP contribution is 2.26. The van der Waals surface area contributed by atoms with E-state index in [2.05, 4.69) is 15.4 Å². The lowest BCUT2D eigenvalue weighted by Crippen LogP contribution is -2.05. The standard InChI is InChI=1S/C17H15ClN4O3/c18-13-6-8-14(9-7-13)25-15-4-1-3-12(11-15)17-19-21-22(20-17)10-2-5-16(23)24/h1,3-4,6-9,11H,2,5,10H2,(H,23,24). The molecule has 128 valence electrons. The molecule has 0 bridgehead atoms. The van der Waals surface area contributed by atoms with E-state index in [9.17, 15) is 4.79 Å². The first kappa shape index (κ1) is 16.9. The third-order valence-electron chi connectivity index (χ3n) is 3.34. The molecule has 3 rings (SSSR count). The monoisotopic (exact) mass is 358 g/mol. The number of carbonyl (C=O) groups is 1. The highest BCUT2D eigenvalue weighted by Gasteiger charge is 2.08. The molecule has 0 unspecified atom stereocenters. The summed E-state index contributed by atoms with van der Waals surface area (Å²) in [5, 5.41) is 21.5. The zero-order chi connectivity index (χ0) is 17.6. The zero-order valence-electron chi connectivity index (χ0n) is 13.2. The van der Waals surface area contributed by atoms with Crippen molar-refractivity contribution in [3.63, 3.8) is 0 Å². The van der Waals surface area contributed by atoms with Crippen molar-refractivity contribution >= 4 is 17.6 Å². The molecule has 25 heavy (non-hydrogen) atoms. The number of hydrogen-bond donors (Lipinski definition) is 1. The van der Waals surface area contributed by atoms with Crippen LogP contribution < -0.4 is 4.74 Å². The summed E-state index contributed by atoms with van der Waals surface area (Å²) in [5.74, 6) is 0.929. The Kier molecular flexibility index (Phi) is 5.25. The lowest BCUT2D eigenvalue weighted by atomic mass is 10.2. The third-order valence-corrected chi connectivity index (χ3v) is 3.60. The molecule has 0 saturated carbocycles. The second-order valence-corrected chi connectivity index (χ2v) is 5.73. The molecule has 1 aromatic heterocycles. The number of tetrazole rings is 1. The van der Waals surface area contributed by atoms with E-state index in [0.717, 1.165) is 5.56 Å². The minimum Gasteiger partial charge on any atom is -0.481 e. The van der Waals surface area contributed by atoms with Gasteiger partial charge in [-0.25, -0.2) is 0 Å². The Balaban J connectivity index is 1.69. The van der Waals surface area contributed by atoms with Crippen molar-refractivity contribution in [3.8, 4) is 22.9 Å². The molecule has 0 atom stereocenters. The van der Waals surface area contributed by atoms with Gasteiger partial charge in [-0.3, -0.25) is 4.79 Å². The first-order chi connectivity index (χ1) is 12.1. The van der Waals surface area contributed by atoms with Gasteiger partial charge in [0.05, 0.1) is 6.54 Å². The van der Waals surface area contributed by atoms with Crippen molar-refractivity contribution in [1.82, 2.24) is 20.2 Å². The van der Waals surface area contributed by atoms with Gasteiger partial charge in [0.1, 0.15) is 11.5 Å². The Bertz CT molecular complexity index is 864. The fourth-order valence-electron chi connectivity index (χ4n) is 2.16. The van der Waals surface area contributed by atoms with Gasteiger partial charge in [0.25, 0.3) is 0 Å². The molecule has 0 saturated heterocycles. The summed E-state index contributed by atoms with van der Waals surface area (Å²) in [6, 6.07) is 14.4. The molecule has 0 aliphatic carbocycles. The molecule has 3 aromatic rings. The summed E-state index contributed by atoms with van der Waals surface area (Å²) in [6.07, 6.45) is 0.520. The van der Waals surface area contributed by atoms with Crippen LogP contribution in [0.15, 0.2) is 48.5 Å². The summed E-state index contributed by atoms with van der Waals surface area (Å²) in [4.78, 5) is 11.9. The number of halogens is 1. The fraction of sp³-hybridized carbons (Fsp3) is 0.176. The number of aryl methyl sites for hydroxylation is 1. The number of rotatable bonds is 7. The van der Waals surface area contributed by atoms with Crippen LogP contribution in [-0.4, -0.2) is 31.3 Å². The van der Waals surface area contributed by atoms with E-state index >= 15 is 0 Å². The number of aliphatic carboxylic acids is 1. The van der Waals surface area contributed by atoms with Crippen molar-refractivity contribution < 1.29 is 14.6 Å². The van der Waals surface area contributed by atoms with Gasteiger partial charge in [0.2, 0.25) is 5.82 Å². The molecule has 2 aromatic carbocycles. The molecule has 0 spiro atoms. The van der Waals surface area contributed by atoms with Crippen LogP contribution >= 0.6 is 11.6 Å². The van der Waals surface area contributed by atoms with Crippen LogP contribution in [0.2, 0.25) is 5.02 Å².